The number of carbonyl (C=O) groups excluding carboxylic acids is 4. The molecule has 4 N–H and O–H groups in total. The van der Waals surface area contributed by atoms with Crippen LogP contribution >= 0.6 is 0 Å². The monoisotopic (exact) mass is 682 g/mol. The van der Waals surface area contributed by atoms with E-state index in [9.17, 15) is 39.0 Å². The smallest absolute Gasteiger partial charge is 0.321 e. The molecule has 0 spiro atoms. The van der Waals surface area contributed by atoms with E-state index in [-0.39, 0.29) is 70.1 Å². The highest BCUT2D eigenvalue weighted by molar-refractivity contribution is 5.85. The lowest BCUT2D eigenvalue weighted by Gasteiger charge is -2.33. The Morgan fingerprint density at radius 3 is 1.83 bits per heavy atom. The lowest BCUT2D eigenvalue weighted by Crippen LogP contribution is -2.51. The van der Waals surface area contributed by atoms with Crippen molar-refractivity contribution in [2.75, 3.05) is 85.1 Å². The number of hydrogen-bond acceptors (Lipinski definition) is 11. The molecule has 15 heteroatoms. The Bertz CT molecular complexity index is 1040. The van der Waals surface area contributed by atoms with Gasteiger partial charge in [0.05, 0.1) is 39.3 Å². The number of fused-ring (bicyclic) bond motifs is 1. The number of nitrogens with one attached hydrogen (secondary N) is 2. The number of amides is 2. The molecule has 1 atom stereocenters. The number of rotatable bonds is 21. The summed E-state index contributed by atoms with van der Waals surface area (Å²) < 4.78 is 5.44. The maximum atomic E-state index is 12.8. The molecule has 2 amide bonds. The third kappa shape index (κ3) is 18.4. The summed E-state index contributed by atoms with van der Waals surface area (Å²) in [7, 11) is 0. The number of aliphatic carboxylic acids is 2. The van der Waals surface area contributed by atoms with E-state index < -0.39 is 24.1 Å². The number of unbranched alkanes of at least 4 members (excludes halogenated alkanes) is 8. The highest BCUT2D eigenvalue weighted by Gasteiger charge is 2.34. The third-order valence-corrected chi connectivity index (χ3v) is 8.69. The number of esters is 1. The van der Waals surface area contributed by atoms with Gasteiger partial charge in [0, 0.05) is 58.2 Å². The zero-order valence-corrected chi connectivity index (χ0v) is 29.0. The highest BCUT2D eigenvalue weighted by atomic mass is 16.6. The molecule has 0 bridgehead atoms. The van der Waals surface area contributed by atoms with Gasteiger partial charge in [-0.3, -0.25) is 48.4 Å². The van der Waals surface area contributed by atoms with Crippen LogP contribution in [0.2, 0.25) is 0 Å². The van der Waals surface area contributed by atoms with Gasteiger partial charge in [-0.05, 0) is 12.8 Å². The fourth-order valence-corrected chi connectivity index (χ4v) is 5.80. The molecule has 2 heterocycles. The number of hydrogen-bond donors (Lipinski definition) is 4. The van der Waals surface area contributed by atoms with Crippen molar-refractivity contribution in [3.8, 4) is 0 Å². The fourth-order valence-electron chi connectivity index (χ4n) is 5.80. The first-order valence-corrected chi connectivity index (χ1v) is 17.5. The first kappa shape index (κ1) is 41.0. The van der Waals surface area contributed by atoms with Gasteiger partial charge in [-0.1, -0.05) is 58.8 Å². The van der Waals surface area contributed by atoms with Crippen molar-refractivity contribution in [3.63, 3.8) is 0 Å². The molecular formula is C33H58N6O9. The fraction of sp³-hybridized carbons (Fsp3) is 0.818. The second kappa shape index (κ2) is 23.3. The molecule has 1 unspecified atom stereocenters. The van der Waals surface area contributed by atoms with Crippen LogP contribution in [-0.2, 0) is 33.5 Å². The average Bonchev–Trinajstić information content (AvgIpc) is 3.37. The summed E-state index contributed by atoms with van der Waals surface area (Å²) in [6, 6.07) is 0. The van der Waals surface area contributed by atoms with Gasteiger partial charge < -0.3 is 25.6 Å². The van der Waals surface area contributed by atoms with E-state index in [0.717, 1.165) is 44.9 Å². The summed E-state index contributed by atoms with van der Waals surface area (Å²) >= 11 is 0. The molecule has 15 nitrogen and oxygen atoms in total. The summed E-state index contributed by atoms with van der Waals surface area (Å²) in [4.78, 5) is 78.7. The Labute approximate surface area is 284 Å². The largest absolute Gasteiger partial charge is 0.480 e. The number of Topliss-reactive ketones (excluding diaryl/α,β-unsaturated/α-hetero) is 1. The summed E-state index contributed by atoms with van der Waals surface area (Å²) in [6.07, 6.45) is 9.83. The molecule has 2 fully saturated rings. The van der Waals surface area contributed by atoms with Gasteiger partial charge in [-0.2, -0.15) is 0 Å². The number of carbonyl (C=O) groups is 6. The van der Waals surface area contributed by atoms with Crippen LogP contribution in [0.1, 0.15) is 78.1 Å². The Morgan fingerprint density at radius 1 is 0.708 bits per heavy atom. The van der Waals surface area contributed by atoms with E-state index in [1.165, 1.54) is 12.8 Å². The minimum atomic E-state index is -1.03. The number of carboxylic acids is 2. The van der Waals surface area contributed by atoms with Gasteiger partial charge >= 0.3 is 17.9 Å². The van der Waals surface area contributed by atoms with E-state index in [1.54, 1.807) is 9.80 Å². The molecule has 274 valence electrons. The molecule has 0 saturated carbocycles. The Hall–Kier alpha value is -3.14. The zero-order chi connectivity index (χ0) is 35.3. The van der Waals surface area contributed by atoms with E-state index in [0.29, 0.717) is 44.9 Å². The molecule has 2 rings (SSSR count). The van der Waals surface area contributed by atoms with Crippen LogP contribution in [0.3, 0.4) is 0 Å². The summed E-state index contributed by atoms with van der Waals surface area (Å²) in [5.74, 6) is -2.58. The Morgan fingerprint density at radius 2 is 1.23 bits per heavy atom. The Kier molecular flexibility index (Phi) is 19.9. The molecule has 48 heavy (non-hydrogen) atoms. The predicted molar refractivity (Wildman–Crippen MR) is 178 cm³/mol. The number of carboxylic acid groups (broad SMARTS) is 2. The van der Waals surface area contributed by atoms with Crippen molar-refractivity contribution < 1.29 is 43.7 Å². The molecule has 0 aromatic rings. The van der Waals surface area contributed by atoms with Gasteiger partial charge in [-0.15, -0.1) is 0 Å². The van der Waals surface area contributed by atoms with Crippen LogP contribution in [0, 0.1) is 5.92 Å². The summed E-state index contributed by atoms with van der Waals surface area (Å²) in [5, 5.41) is 24.3. The van der Waals surface area contributed by atoms with Crippen LogP contribution in [0.25, 0.3) is 0 Å². The minimum Gasteiger partial charge on any atom is -0.480 e. The number of ketones is 1. The molecule has 0 aromatic heterocycles. The molecule has 2 aliphatic rings. The highest BCUT2D eigenvalue weighted by Crippen LogP contribution is 2.14. The van der Waals surface area contributed by atoms with Gasteiger partial charge in [0.1, 0.15) is 5.78 Å². The van der Waals surface area contributed by atoms with E-state index in [2.05, 4.69) is 10.6 Å². The molecule has 2 saturated heterocycles. The average molecular weight is 683 g/mol. The van der Waals surface area contributed by atoms with Crippen LogP contribution in [-0.4, -0.2) is 157 Å². The zero-order valence-electron chi connectivity index (χ0n) is 29.0. The second-order valence-electron chi connectivity index (χ2n) is 13.2. The van der Waals surface area contributed by atoms with E-state index >= 15 is 0 Å². The van der Waals surface area contributed by atoms with Crippen molar-refractivity contribution >= 4 is 35.5 Å². The molecular weight excluding hydrogens is 624 g/mol. The Balaban J connectivity index is 1.69. The van der Waals surface area contributed by atoms with Gasteiger partial charge in [0.15, 0.2) is 6.23 Å². The number of nitrogens with zero attached hydrogens (tertiary/aromatic N) is 4. The van der Waals surface area contributed by atoms with E-state index in [1.807, 2.05) is 23.6 Å². The lowest BCUT2D eigenvalue weighted by molar-refractivity contribution is -0.144. The van der Waals surface area contributed by atoms with Crippen LogP contribution in [0.4, 0.5) is 0 Å². The van der Waals surface area contributed by atoms with Gasteiger partial charge in [-0.25, -0.2) is 0 Å². The maximum Gasteiger partial charge on any atom is 0.321 e. The first-order chi connectivity index (χ1) is 22.9. The van der Waals surface area contributed by atoms with Crippen LogP contribution in [0.5, 0.6) is 0 Å². The SMILES string of the molecule is CC(C)C(=O)CCCCCCCCCCCNC(=O)CNC(=O)CN1CCN(CC(=O)O)CCN(CC(=O)O)CC2OC(=O)CN2CC1. The molecule has 0 aliphatic carbocycles. The maximum absolute atomic E-state index is 12.8. The van der Waals surface area contributed by atoms with Crippen molar-refractivity contribution in [2.24, 2.45) is 5.92 Å². The van der Waals surface area contributed by atoms with Crippen molar-refractivity contribution in [2.45, 2.75) is 84.3 Å². The molecule has 0 radical (unpaired) electrons. The molecule has 2 aliphatic heterocycles. The van der Waals surface area contributed by atoms with Crippen molar-refractivity contribution in [3.05, 3.63) is 0 Å². The summed E-state index contributed by atoms with van der Waals surface area (Å²) in [5.41, 5.74) is 0. The minimum absolute atomic E-state index is 0.0112. The first-order valence-electron chi connectivity index (χ1n) is 17.5. The van der Waals surface area contributed by atoms with Crippen LogP contribution in [0.15, 0.2) is 0 Å². The van der Waals surface area contributed by atoms with Gasteiger partial charge in [0.2, 0.25) is 11.8 Å². The standard InChI is InChI=1S/C33H58N6O9/c1-26(2)27(40)12-10-8-6-4-3-5-7-9-11-13-34-28(41)20-35-29(42)21-36-14-15-37(23-31(43)44)16-17-38(24-32(45)46)22-30-39(19-18-36)25-33(47)48-30/h26,30H,3-25H2,1-2H3,(H,34,41)(H,35,42)(H,43,44)(H,45,46). The quantitative estimate of drug-likeness (QED) is 0.0975. The second-order valence-corrected chi connectivity index (χ2v) is 13.2. The number of ether oxygens (including phenoxy) is 1. The molecule has 0 aromatic carbocycles. The van der Waals surface area contributed by atoms with Crippen LogP contribution < -0.4 is 10.6 Å². The predicted octanol–water partition coefficient (Wildman–Crippen LogP) is 0.619. The summed E-state index contributed by atoms with van der Waals surface area (Å²) in [6.45, 7) is 6.00. The topological polar surface area (TPSA) is 189 Å². The van der Waals surface area contributed by atoms with Crippen molar-refractivity contribution in [1.29, 1.82) is 0 Å². The van der Waals surface area contributed by atoms with Crippen molar-refractivity contribution in [1.82, 2.24) is 30.2 Å². The lowest BCUT2D eigenvalue weighted by atomic mass is 10.0. The third-order valence-electron chi connectivity index (χ3n) is 8.69. The van der Waals surface area contributed by atoms with Gasteiger partial charge in [0.25, 0.3) is 0 Å². The normalized spacial score (nSPS) is 18.8. The van der Waals surface area contributed by atoms with E-state index in [4.69, 9.17) is 4.74 Å².